The molecule has 0 fully saturated rings. The van der Waals surface area contributed by atoms with Gasteiger partial charge in [-0.05, 0) is 25.1 Å². The second-order valence-electron chi connectivity index (χ2n) is 4.22. The minimum atomic E-state index is -0.988. The van der Waals surface area contributed by atoms with E-state index in [2.05, 4.69) is 10.4 Å². The van der Waals surface area contributed by atoms with Gasteiger partial charge in [0.25, 0.3) is 0 Å². The first-order valence-corrected chi connectivity index (χ1v) is 5.80. The Morgan fingerprint density at radius 1 is 1.42 bits per heavy atom. The Labute approximate surface area is 109 Å². The zero-order valence-corrected chi connectivity index (χ0v) is 10.3. The molecular formula is C13H13F2N3O. The number of nitrogens with zero attached hydrogens (tertiary/aromatic N) is 2. The summed E-state index contributed by atoms with van der Waals surface area (Å²) in [6, 6.07) is 4.90. The third kappa shape index (κ3) is 3.37. The molecule has 6 heteroatoms. The number of carbonyl (C=O) groups is 1. The number of aromatic nitrogens is 2. The van der Waals surface area contributed by atoms with Crippen LogP contribution in [0, 0.1) is 11.6 Å². The minimum absolute atomic E-state index is 0.111. The number of halogens is 2. The van der Waals surface area contributed by atoms with E-state index in [-0.39, 0.29) is 24.1 Å². The number of amides is 1. The Balaban J connectivity index is 1.95. The maximum absolute atomic E-state index is 13.0. The lowest BCUT2D eigenvalue weighted by atomic mass is 10.2. The van der Waals surface area contributed by atoms with Crippen molar-refractivity contribution < 1.29 is 13.6 Å². The molecule has 0 saturated carbocycles. The molecule has 0 radical (unpaired) electrons. The standard InChI is InChI=1S/C13H13F2N3O/c1-9(18-6-2-5-16-18)7-13(19)17-10-3-4-11(14)12(15)8-10/h2-6,8-9H,7H2,1H3,(H,17,19). The van der Waals surface area contributed by atoms with Crippen LogP contribution in [0.1, 0.15) is 19.4 Å². The van der Waals surface area contributed by atoms with Gasteiger partial charge in [-0.25, -0.2) is 8.78 Å². The van der Waals surface area contributed by atoms with E-state index in [0.717, 1.165) is 12.1 Å². The van der Waals surface area contributed by atoms with Crippen LogP contribution < -0.4 is 5.32 Å². The lowest BCUT2D eigenvalue weighted by Crippen LogP contribution is -2.18. The molecule has 2 aromatic rings. The van der Waals surface area contributed by atoms with Crippen molar-refractivity contribution >= 4 is 11.6 Å². The molecule has 0 bridgehead atoms. The fourth-order valence-electron chi connectivity index (χ4n) is 1.69. The van der Waals surface area contributed by atoms with E-state index in [1.807, 2.05) is 6.92 Å². The van der Waals surface area contributed by atoms with Crippen LogP contribution in [-0.4, -0.2) is 15.7 Å². The number of anilines is 1. The average Bonchev–Trinajstić information content (AvgIpc) is 2.87. The van der Waals surface area contributed by atoms with Crippen molar-refractivity contribution in [2.24, 2.45) is 0 Å². The molecule has 2 rings (SSSR count). The molecule has 1 aromatic carbocycles. The summed E-state index contributed by atoms with van der Waals surface area (Å²) in [6.07, 6.45) is 3.58. The van der Waals surface area contributed by atoms with Crippen molar-refractivity contribution in [1.29, 1.82) is 0 Å². The first kappa shape index (κ1) is 13.2. The summed E-state index contributed by atoms with van der Waals surface area (Å²) in [6.45, 7) is 1.85. The van der Waals surface area contributed by atoms with Gasteiger partial charge in [-0.15, -0.1) is 0 Å². The first-order valence-electron chi connectivity index (χ1n) is 5.80. The minimum Gasteiger partial charge on any atom is -0.326 e. The van der Waals surface area contributed by atoms with Crippen molar-refractivity contribution in [2.45, 2.75) is 19.4 Å². The summed E-state index contributed by atoms with van der Waals surface area (Å²) >= 11 is 0. The number of benzene rings is 1. The fraction of sp³-hybridized carbons (Fsp3) is 0.231. The highest BCUT2D eigenvalue weighted by Crippen LogP contribution is 2.15. The second-order valence-corrected chi connectivity index (χ2v) is 4.22. The summed E-state index contributed by atoms with van der Waals surface area (Å²) in [5.41, 5.74) is 0.233. The number of hydrogen-bond donors (Lipinski definition) is 1. The molecule has 1 atom stereocenters. The Hall–Kier alpha value is -2.24. The predicted octanol–water partition coefficient (Wildman–Crippen LogP) is 2.75. The largest absolute Gasteiger partial charge is 0.326 e. The maximum Gasteiger partial charge on any atom is 0.226 e. The fourth-order valence-corrected chi connectivity index (χ4v) is 1.69. The van der Waals surface area contributed by atoms with Crippen LogP contribution in [0.25, 0.3) is 0 Å². The molecule has 1 aromatic heterocycles. The molecule has 0 spiro atoms. The predicted molar refractivity (Wildman–Crippen MR) is 66.5 cm³/mol. The zero-order chi connectivity index (χ0) is 13.8. The lowest BCUT2D eigenvalue weighted by molar-refractivity contribution is -0.116. The van der Waals surface area contributed by atoms with Crippen molar-refractivity contribution in [3.8, 4) is 0 Å². The molecule has 0 saturated heterocycles. The summed E-state index contributed by atoms with van der Waals surface area (Å²) < 4.78 is 27.4. The summed E-state index contributed by atoms with van der Waals surface area (Å²) in [5.74, 6) is -2.21. The van der Waals surface area contributed by atoms with Gasteiger partial charge >= 0.3 is 0 Å². The third-order valence-electron chi connectivity index (χ3n) is 2.66. The molecule has 19 heavy (non-hydrogen) atoms. The van der Waals surface area contributed by atoms with Gasteiger partial charge in [-0.3, -0.25) is 9.48 Å². The van der Waals surface area contributed by atoms with Crippen molar-refractivity contribution in [3.05, 3.63) is 48.3 Å². The second kappa shape index (κ2) is 5.60. The van der Waals surface area contributed by atoms with E-state index in [4.69, 9.17) is 0 Å². The van der Waals surface area contributed by atoms with E-state index in [1.165, 1.54) is 6.07 Å². The molecule has 1 unspecified atom stereocenters. The maximum atomic E-state index is 13.0. The van der Waals surface area contributed by atoms with Gasteiger partial charge in [-0.1, -0.05) is 0 Å². The van der Waals surface area contributed by atoms with Gasteiger partial charge in [0.15, 0.2) is 11.6 Å². The quantitative estimate of drug-likeness (QED) is 0.924. The Bertz CT molecular complexity index is 569. The van der Waals surface area contributed by atoms with Crippen LogP contribution in [-0.2, 0) is 4.79 Å². The van der Waals surface area contributed by atoms with E-state index >= 15 is 0 Å². The van der Waals surface area contributed by atoms with Crippen molar-refractivity contribution in [3.63, 3.8) is 0 Å². The molecular weight excluding hydrogens is 252 g/mol. The van der Waals surface area contributed by atoms with Crippen LogP contribution in [0.15, 0.2) is 36.7 Å². The van der Waals surface area contributed by atoms with E-state index in [0.29, 0.717) is 0 Å². The molecule has 0 aliphatic heterocycles. The van der Waals surface area contributed by atoms with Crippen molar-refractivity contribution in [2.75, 3.05) is 5.32 Å². The van der Waals surface area contributed by atoms with Gasteiger partial charge in [0.05, 0.1) is 6.04 Å². The van der Waals surface area contributed by atoms with E-state index in [1.54, 1.807) is 23.1 Å². The summed E-state index contributed by atoms with van der Waals surface area (Å²) in [4.78, 5) is 11.7. The summed E-state index contributed by atoms with van der Waals surface area (Å²) in [5, 5.41) is 6.55. The van der Waals surface area contributed by atoms with Gasteiger partial charge in [0.2, 0.25) is 5.91 Å². The van der Waals surface area contributed by atoms with Gasteiger partial charge in [0.1, 0.15) is 0 Å². The molecule has 4 nitrogen and oxygen atoms in total. The SMILES string of the molecule is CC(CC(=O)Nc1ccc(F)c(F)c1)n1cccn1. The molecule has 0 aliphatic rings. The monoisotopic (exact) mass is 265 g/mol. The van der Waals surface area contributed by atoms with Gasteiger partial charge in [0, 0.05) is 30.6 Å². The van der Waals surface area contributed by atoms with Crippen LogP contribution in [0.3, 0.4) is 0 Å². The highest BCUT2D eigenvalue weighted by atomic mass is 19.2. The molecule has 1 amide bonds. The lowest BCUT2D eigenvalue weighted by Gasteiger charge is -2.12. The zero-order valence-electron chi connectivity index (χ0n) is 10.3. The van der Waals surface area contributed by atoms with Gasteiger partial charge in [-0.2, -0.15) is 5.10 Å². The smallest absolute Gasteiger partial charge is 0.226 e. The molecule has 100 valence electrons. The van der Waals surface area contributed by atoms with Crippen LogP contribution in [0.4, 0.5) is 14.5 Å². The number of hydrogen-bond acceptors (Lipinski definition) is 2. The van der Waals surface area contributed by atoms with Crippen LogP contribution in [0.2, 0.25) is 0 Å². The van der Waals surface area contributed by atoms with Crippen molar-refractivity contribution in [1.82, 2.24) is 9.78 Å². The Morgan fingerprint density at radius 3 is 2.84 bits per heavy atom. The Morgan fingerprint density at radius 2 is 2.21 bits per heavy atom. The average molecular weight is 265 g/mol. The third-order valence-corrected chi connectivity index (χ3v) is 2.66. The highest BCUT2D eigenvalue weighted by molar-refractivity contribution is 5.90. The Kier molecular flexibility index (Phi) is 3.89. The molecule has 1 N–H and O–H groups in total. The summed E-state index contributed by atoms with van der Waals surface area (Å²) in [7, 11) is 0. The van der Waals surface area contributed by atoms with E-state index < -0.39 is 11.6 Å². The first-order chi connectivity index (χ1) is 9.06. The van der Waals surface area contributed by atoms with Crippen LogP contribution >= 0.6 is 0 Å². The van der Waals surface area contributed by atoms with E-state index in [9.17, 15) is 13.6 Å². The van der Waals surface area contributed by atoms with Gasteiger partial charge < -0.3 is 5.32 Å². The molecule has 1 heterocycles. The highest BCUT2D eigenvalue weighted by Gasteiger charge is 2.12. The number of carbonyl (C=O) groups excluding carboxylic acids is 1. The number of rotatable bonds is 4. The topological polar surface area (TPSA) is 46.9 Å². The molecule has 0 aliphatic carbocycles. The normalized spacial score (nSPS) is 12.2. The van der Waals surface area contributed by atoms with Crippen LogP contribution in [0.5, 0.6) is 0 Å². The number of nitrogens with one attached hydrogen (secondary N) is 1.